The minimum absolute atomic E-state index is 0.00940. The number of nitrogens with zero attached hydrogens (tertiary/aromatic N) is 2. The molecule has 1 aliphatic heterocycles. The molecule has 1 fully saturated rings. The fourth-order valence-corrected chi connectivity index (χ4v) is 4.81. The van der Waals surface area contributed by atoms with E-state index < -0.39 is 5.97 Å². The van der Waals surface area contributed by atoms with Gasteiger partial charge in [0.05, 0.1) is 12.5 Å². The van der Waals surface area contributed by atoms with Crippen LogP contribution in [-0.2, 0) is 16.0 Å². The number of carbonyl (C=O) groups is 2. The normalized spacial score (nSPS) is 16.4. The van der Waals surface area contributed by atoms with Crippen molar-refractivity contribution in [2.24, 2.45) is 16.6 Å². The number of piperidine rings is 1. The fraction of sp³-hybridized carbons (Fsp3) is 0.433. The number of rotatable bonds is 13. The van der Waals surface area contributed by atoms with Crippen molar-refractivity contribution < 1.29 is 14.7 Å². The Morgan fingerprint density at radius 2 is 1.73 bits per heavy atom. The molecule has 0 aromatic heterocycles. The Kier molecular flexibility index (Phi) is 11.4. The van der Waals surface area contributed by atoms with Gasteiger partial charge in [0.15, 0.2) is 0 Å². The van der Waals surface area contributed by atoms with Gasteiger partial charge < -0.3 is 21.1 Å². The molecule has 198 valence electrons. The lowest BCUT2D eigenvalue weighted by Gasteiger charge is -2.33. The Labute approximate surface area is 220 Å². The molecule has 0 aliphatic carbocycles. The van der Waals surface area contributed by atoms with E-state index in [1.807, 2.05) is 48.5 Å². The van der Waals surface area contributed by atoms with Gasteiger partial charge >= 0.3 is 5.97 Å². The van der Waals surface area contributed by atoms with E-state index in [0.29, 0.717) is 5.92 Å². The number of hydrogen-bond acceptors (Lipinski definition) is 5. The average molecular weight is 505 g/mol. The van der Waals surface area contributed by atoms with Crippen molar-refractivity contribution in [1.29, 1.82) is 0 Å². The fourth-order valence-electron chi connectivity index (χ4n) is 4.81. The van der Waals surface area contributed by atoms with Gasteiger partial charge in [-0.25, -0.2) is 0 Å². The highest BCUT2D eigenvalue weighted by molar-refractivity contribution is 5.97. The first-order valence-electron chi connectivity index (χ1n) is 13.3. The van der Waals surface area contributed by atoms with Gasteiger partial charge in [0.1, 0.15) is 0 Å². The van der Waals surface area contributed by atoms with Gasteiger partial charge in [0.25, 0.3) is 0 Å². The Balaban J connectivity index is 1.54. The molecule has 0 spiro atoms. The third kappa shape index (κ3) is 9.84. The second-order valence-corrected chi connectivity index (χ2v) is 9.61. The first-order chi connectivity index (χ1) is 17.9. The Bertz CT molecular complexity index is 1050. The number of nitrogens with two attached hydrogens (primary N) is 1. The van der Waals surface area contributed by atoms with Crippen molar-refractivity contribution in [3.8, 4) is 0 Å². The molecule has 1 amide bonds. The van der Waals surface area contributed by atoms with Crippen molar-refractivity contribution in [3.63, 3.8) is 0 Å². The number of aliphatic carboxylic acids is 1. The largest absolute Gasteiger partial charge is 0.481 e. The summed E-state index contributed by atoms with van der Waals surface area (Å²) < 4.78 is 0. The van der Waals surface area contributed by atoms with Crippen LogP contribution in [0.2, 0.25) is 0 Å². The molecule has 3 rings (SSSR count). The number of hydrogen-bond donors (Lipinski definition) is 3. The van der Waals surface area contributed by atoms with Gasteiger partial charge in [-0.1, -0.05) is 60.7 Å². The number of benzene rings is 2. The smallest absolute Gasteiger partial charge is 0.303 e. The lowest BCUT2D eigenvalue weighted by atomic mass is 9.90. The van der Waals surface area contributed by atoms with Crippen molar-refractivity contribution >= 4 is 17.6 Å². The molecule has 4 N–H and O–H groups in total. The monoisotopic (exact) mass is 504 g/mol. The minimum Gasteiger partial charge on any atom is -0.481 e. The van der Waals surface area contributed by atoms with Crippen LogP contribution in [-0.4, -0.2) is 53.8 Å². The molecule has 2 aromatic carbocycles. The summed E-state index contributed by atoms with van der Waals surface area (Å²) in [5.41, 5.74) is 10.6. The van der Waals surface area contributed by atoms with Crippen LogP contribution in [0.4, 0.5) is 0 Å². The highest BCUT2D eigenvalue weighted by Gasteiger charge is 2.24. The number of nitrogens with one attached hydrogen (secondary N) is 1. The van der Waals surface area contributed by atoms with Gasteiger partial charge in [-0.3, -0.25) is 14.6 Å². The predicted molar refractivity (Wildman–Crippen MR) is 148 cm³/mol. The third-order valence-corrected chi connectivity index (χ3v) is 6.77. The summed E-state index contributed by atoms with van der Waals surface area (Å²) >= 11 is 0. The van der Waals surface area contributed by atoms with Gasteiger partial charge in [0, 0.05) is 43.3 Å². The lowest BCUT2D eigenvalue weighted by Crippen LogP contribution is -2.38. The first kappa shape index (κ1) is 28.1. The number of carboxylic acid groups (broad SMARTS) is 1. The maximum Gasteiger partial charge on any atom is 0.303 e. The molecule has 2 aromatic rings. The van der Waals surface area contributed by atoms with Crippen LogP contribution in [0, 0.1) is 5.92 Å². The van der Waals surface area contributed by atoms with E-state index in [2.05, 4.69) is 35.3 Å². The van der Waals surface area contributed by atoms with Crippen LogP contribution in [0.15, 0.2) is 77.4 Å². The maximum absolute atomic E-state index is 12.3. The second kappa shape index (κ2) is 15.0. The minimum atomic E-state index is -0.961. The Morgan fingerprint density at radius 3 is 2.35 bits per heavy atom. The number of amides is 1. The van der Waals surface area contributed by atoms with E-state index in [0.717, 1.165) is 68.8 Å². The summed E-state index contributed by atoms with van der Waals surface area (Å²) in [7, 11) is 0. The summed E-state index contributed by atoms with van der Waals surface area (Å²) in [6.07, 6.45) is 5.45. The number of carboxylic acids is 1. The van der Waals surface area contributed by atoms with Gasteiger partial charge in [0.2, 0.25) is 5.91 Å². The molecular formula is C30H40N4O3. The Morgan fingerprint density at radius 1 is 1.08 bits per heavy atom. The molecule has 1 atom stereocenters. The van der Waals surface area contributed by atoms with Gasteiger partial charge in [-0.05, 0) is 56.5 Å². The molecular weight excluding hydrogens is 464 g/mol. The number of likely N-dealkylation sites (tertiary alicyclic amines) is 1. The second-order valence-electron chi connectivity index (χ2n) is 9.61. The van der Waals surface area contributed by atoms with Gasteiger partial charge in [-0.2, -0.15) is 0 Å². The molecule has 1 heterocycles. The average Bonchev–Trinajstić information content (AvgIpc) is 2.91. The van der Waals surface area contributed by atoms with Crippen molar-refractivity contribution in [2.75, 3.05) is 26.2 Å². The number of carbonyl (C=O) groups excluding carboxylic acids is 1. The molecule has 0 radical (unpaired) electrons. The molecule has 37 heavy (non-hydrogen) atoms. The topological polar surface area (TPSA) is 108 Å². The highest BCUT2D eigenvalue weighted by atomic mass is 16.4. The van der Waals surface area contributed by atoms with Crippen LogP contribution in [0.3, 0.4) is 0 Å². The van der Waals surface area contributed by atoms with E-state index in [4.69, 9.17) is 15.8 Å². The third-order valence-electron chi connectivity index (χ3n) is 6.77. The summed E-state index contributed by atoms with van der Waals surface area (Å²) in [5.74, 6) is -0.793. The zero-order chi connectivity index (χ0) is 26.5. The summed E-state index contributed by atoms with van der Waals surface area (Å²) in [4.78, 5) is 30.4. The molecule has 0 bridgehead atoms. The van der Waals surface area contributed by atoms with Crippen molar-refractivity contribution in [2.45, 2.75) is 51.5 Å². The summed E-state index contributed by atoms with van der Waals surface area (Å²) in [5, 5.41) is 11.9. The lowest BCUT2D eigenvalue weighted by molar-refractivity contribution is -0.138. The molecule has 1 aliphatic rings. The van der Waals surface area contributed by atoms with E-state index in [1.54, 1.807) is 0 Å². The molecule has 7 nitrogen and oxygen atoms in total. The quantitative estimate of drug-likeness (QED) is 0.351. The summed E-state index contributed by atoms with van der Waals surface area (Å²) in [6.45, 7) is 5.59. The van der Waals surface area contributed by atoms with Crippen LogP contribution in [0.5, 0.6) is 0 Å². The standard InChI is InChI=1S/C30H40N4O3/c1-2-32-28(22-26(31)21-23-9-5-3-6-10-23)25-15-18-34(19-16-25)20-17-27(24-11-7-4-8-12-24)33-29(35)13-14-30(36)37/h3-12,22,25,27H,2,13-21,31H2,1H3,(H,33,35)(H,36,37)/t27-/m0/s1. The zero-order valence-corrected chi connectivity index (χ0v) is 21.8. The van der Waals surface area contributed by atoms with Crippen LogP contribution in [0.25, 0.3) is 0 Å². The predicted octanol–water partition coefficient (Wildman–Crippen LogP) is 4.36. The number of aliphatic imine (C=N–C) groups is 1. The molecule has 0 saturated carbocycles. The molecule has 7 heteroatoms. The van der Waals surface area contributed by atoms with Crippen LogP contribution >= 0.6 is 0 Å². The number of allylic oxidation sites excluding steroid dienone is 2. The van der Waals surface area contributed by atoms with Crippen molar-refractivity contribution in [3.05, 3.63) is 83.6 Å². The van der Waals surface area contributed by atoms with E-state index in [9.17, 15) is 9.59 Å². The van der Waals surface area contributed by atoms with Crippen LogP contribution in [0.1, 0.15) is 56.2 Å². The summed E-state index contributed by atoms with van der Waals surface area (Å²) in [6, 6.07) is 20.0. The van der Waals surface area contributed by atoms with E-state index in [1.165, 1.54) is 5.56 Å². The maximum atomic E-state index is 12.3. The Hall–Kier alpha value is -3.45. The van der Waals surface area contributed by atoms with E-state index in [-0.39, 0.29) is 24.8 Å². The highest BCUT2D eigenvalue weighted by Crippen LogP contribution is 2.23. The first-order valence-corrected chi connectivity index (χ1v) is 13.3. The molecule has 0 unspecified atom stereocenters. The van der Waals surface area contributed by atoms with Crippen LogP contribution < -0.4 is 11.1 Å². The molecule has 1 saturated heterocycles. The van der Waals surface area contributed by atoms with Crippen molar-refractivity contribution in [1.82, 2.24) is 10.2 Å². The zero-order valence-electron chi connectivity index (χ0n) is 21.8. The van der Waals surface area contributed by atoms with Gasteiger partial charge in [-0.15, -0.1) is 0 Å². The SMILES string of the molecule is CCN=C(C=C(N)Cc1ccccc1)C1CCN(CC[C@H](NC(=O)CCC(=O)O)c2ccccc2)CC1. The van der Waals surface area contributed by atoms with E-state index >= 15 is 0 Å².